The minimum absolute atomic E-state index is 0.950. The van der Waals surface area contributed by atoms with Crippen LogP contribution >= 0.6 is 7.37 Å². The van der Waals surface area contributed by atoms with E-state index in [1.54, 1.807) is 0 Å². The highest BCUT2D eigenvalue weighted by molar-refractivity contribution is 7.61. The first-order chi connectivity index (χ1) is 5.06. The molecule has 0 aromatic heterocycles. The van der Waals surface area contributed by atoms with Crippen LogP contribution < -0.4 is 0 Å². The summed E-state index contributed by atoms with van der Waals surface area (Å²) in [7, 11) is -4.09. The molecule has 0 aliphatic rings. The van der Waals surface area contributed by atoms with Gasteiger partial charge in [0.25, 0.3) is 7.37 Å². The van der Waals surface area contributed by atoms with Crippen LogP contribution in [0.2, 0.25) is 0 Å². The average Bonchev–Trinajstić information content (AvgIpc) is 1.85. The summed E-state index contributed by atoms with van der Waals surface area (Å²) in [5.41, 5.74) is 0. The summed E-state index contributed by atoms with van der Waals surface area (Å²) >= 11 is 0. The van der Waals surface area contributed by atoms with Gasteiger partial charge >= 0.3 is 0 Å². The maximum Gasteiger partial charge on any atom is 0.264 e. The van der Waals surface area contributed by atoms with Gasteiger partial charge in [0, 0.05) is 0 Å². The quantitative estimate of drug-likeness (QED) is 0.460. The monoisotopic (exact) mass is 194 g/mol. The second-order valence-electron chi connectivity index (χ2n) is 3.37. The smallest absolute Gasteiger partial charge is 0.264 e. The summed E-state index contributed by atoms with van der Waals surface area (Å²) in [4.78, 5) is 9.36. The van der Waals surface area contributed by atoms with Gasteiger partial charge < -0.3 is 15.1 Å². The van der Waals surface area contributed by atoms with Gasteiger partial charge in [0.2, 0.25) is 0 Å². The predicted molar refractivity (Wildman–Crippen MR) is 46.9 cm³/mol. The molecule has 0 aliphatic carbocycles. The van der Waals surface area contributed by atoms with Gasteiger partial charge in [-0.05, 0) is 20.8 Å². The molecule has 0 saturated carbocycles. The molecule has 0 aromatic carbocycles. The lowest BCUT2D eigenvalue weighted by Gasteiger charge is -2.33. The molecule has 2 unspecified atom stereocenters. The Kier molecular flexibility index (Phi) is 2.93. The van der Waals surface area contributed by atoms with Crippen molar-refractivity contribution in [2.45, 2.75) is 31.5 Å². The molecule has 72 valence electrons. The molecule has 0 aromatic rings. The van der Waals surface area contributed by atoms with E-state index in [4.69, 9.17) is 0 Å². The Labute approximate surface area is 72.0 Å². The lowest BCUT2D eigenvalue weighted by molar-refractivity contribution is 0.109. The van der Waals surface area contributed by atoms with Crippen molar-refractivity contribution < 1.29 is 19.7 Å². The second-order valence-corrected chi connectivity index (χ2v) is 6.52. The zero-order valence-corrected chi connectivity index (χ0v) is 8.38. The highest BCUT2D eigenvalue weighted by Crippen LogP contribution is 2.61. The average molecular weight is 194 g/mol. The first-order valence-corrected chi connectivity index (χ1v) is 5.13. The topological polar surface area (TPSA) is 77.8 Å². The van der Waals surface area contributed by atoms with Crippen LogP contribution in [0.15, 0.2) is 12.7 Å². The number of hydrogen-bond acceptors (Lipinski definition) is 3. The molecule has 0 radical (unpaired) electrons. The molecule has 12 heavy (non-hydrogen) atoms. The van der Waals surface area contributed by atoms with Crippen LogP contribution in [0.25, 0.3) is 0 Å². The van der Waals surface area contributed by atoms with Crippen molar-refractivity contribution in [2.75, 3.05) is 0 Å². The van der Waals surface area contributed by atoms with E-state index in [1.807, 2.05) is 0 Å². The van der Waals surface area contributed by atoms with E-state index in [9.17, 15) is 19.7 Å². The summed E-state index contributed by atoms with van der Waals surface area (Å²) in [6, 6.07) is 0. The van der Waals surface area contributed by atoms with Gasteiger partial charge in [-0.3, -0.25) is 4.57 Å². The first kappa shape index (κ1) is 11.8. The molecular formula is C7H15O4P. The molecule has 0 spiro atoms. The van der Waals surface area contributed by atoms with Gasteiger partial charge in [-0.1, -0.05) is 12.7 Å². The zero-order valence-electron chi connectivity index (χ0n) is 7.48. The van der Waals surface area contributed by atoms with Crippen molar-refractivity contribution >= 4 is 7.37 Å². The largest absolute Gasteiger partial charge is 0.380 e. The molecule has 0 saturated heterocycles. The standard InChI is InChI=1S/C7H15O4P/c1-5-7(4,9)12(10,11)6(2,3)8/h5,8-9H,1H2,2-4H3,(H,10,11). The third-order valence-electron chi connectivity index (χ3n) is 1.74. The Balaban J connectivity index is 5.13. The van der Waals surface area contributed by atoms with E-state index in [1.165, 1.54) is 13.8 Å². The maximum absolute atomic E-state index is 11.5. The van der Waals surface area contributed by atoms with Crippen LogP contribution in [-0.4, -0.2) is 25.8 Å². The fourth-order valence-electron chi connectivity index (χ4n) is 0.678. The van der Waals surface area contributed by atoms with Crippen LogP contribution in [0.4, 0.5) is 0 Å². The Hall–Kier alpha value is -0.150. The van der Waals surface area contributed by atoms with Gasteiger partial charge in [0.05, 0.1) is 0 Å². The number of hydrogen-bond donors (Lipinski definition) is 3. The molecule has 5 heteroatoms. The van der Waals surface area contributed by atoms with Gasteiger partial charge in [0.15, 0.2) is 5.34 Å². The van der Waals surface area contributed by atoms with E-state index in [0.717, 1.165) is 13.0 Å². The van der Waals surface area contributed by atoms with E-state index >= 15 is 0 Å². The van der Waals surface area contributed by atoms with Gasteiger partial charge in [-0.25, -0.2) is 0 Å². The summed E-state index contributed by atoms with van der Waals surface area (Å²) in [6.45, 7) is 6.70. The molecule has 0 heterocycles. The van der Waals surface area contributed by atoms with Crippen molar-refractivity contribution in [2.24, 2.45) is 0 Å². The van der Waals surface area contributed by atoms with E-state index < -0.39 is 18.1 Å². The molecular weight excluding hydrogens is 179 g/mol. The molecule has 0 amide bonds. The molecule has 0 rings (SSSR count). The van der Waals surface area contributed by atoms with Gasteiger partial charge in [-0.2, -0.15) is 0 Å². The van der Waals surface area contributed by atoms with Crippen LogP contribution in [0.5, 0.6) is 0 Å². The zero-order chi connectivity index (χ0) is 10.2. The lowest BCUT2D eigenvalue weighted by Crippen LogP contribution is -2.33. The maximum atomic E-state index is 11.5. The lowest BCUT2D eigenvalue weighted by atomic mass is 10.4. The SMILES string of the molecule is C=CC(C)(O)P(=O)(O)C(C)(C)O. The van der Waals surface area contributed by atoms with Crippen molar-refractivity contribution in [3.8, 4) is 0 Å². The van der Waals surface area contributed by atoms with Crippen LogP contribution in [0.3, 0.4) is 0 Å². The van der Waals surface area contributed by atoms with E-state index in [0.29, 0.717) is 0 Å². The molecule has 0 fully saturated rings. The van der Waals surface area contributed by atoms with Gasteiger partial charge in [0.1, 0.15) is 5.34 Å². The number of aliphatic hydroxyl groups is 2. The van der Waals surface area contributed by atoms with Gasteiger partial charge in [-0.15, -0.1) is 0 Å². The minimum atomic E-state index is -4.09. The molecule has 0 aliphatic heterocycles. The summed E-state index contributed by atoms with van der Waals surface area (Å²) in [6.07, 6.45) is 0.950. The third kappa shape index (κ3) is 1.77. The van der Waals surface area contributed by atoms with Crippen molar-refractivity contribution in [1.29, 1.82) is 0 Å². The number of rotatable bonds is 3. The van der Waals surface area contributed by atoms with Crippen LogP contribution in [-0.2, 0) is 4.57 Å². The highest BCUT2D eigenvalue weighted by atomic mass is 31.2. The van der Waals surface area contributed by atoms with E-state index in [2.05, 4.69) is 6.58 Å². The molecule has 2 atom stereocenters. The molecule has 3 N–H and O–H groups in total. The predicted octanol–water partition coefficient (Wildman–Crippen LogP) is 0.880. The minimum Gasteiger partial charge on any atom is -0.380 e. The Bertz CT molecular complexity index is 226. The molecule has 4 nitrogen and oxygen atoms in total. The normalized spacial score (nSPS) is 22.5. The fraction of sp³-hybridized carbons (Fsp3) is 0.714. The first-order valence-electron chi connectivity index (χ1n) is 3.47. The second kappa shape index (κ2) is 2.96. The van der Waals surface area contributed by atoms with E-state index in [-0.39, 0.29) is 0 Å². The summed E-state index contributed by atoms with van der Waals surface area (Å²) in [5.74, 6) is 0. The fourth-order valence-corrected chi connectivity index (χ4v) is 2.03. The Morgan fingerprint density at radius 2 is 1.67 bits per heavy atom. The van der Waals surface area contributed by atoms with Crippen LogP contribution in [0, 0.1) is 0 Å². The third-order valence-corrected chi connectivity index (χ3v) is 4.64. The van der Waals surface area contributed by atoms with Crippen molar-refractivity contribution in [3.63, 3.8) is 0 Å². The Morgan fingerprint density at radius 1 is 1.33 bits per heavy atom. The highest BCUT2D eigenvalue weighted by Gasteiger charge is 2.49. The van der Waals surface area contributed by atoms with Crippen molar-refractivity contribution in [3.05, 3.63) is 12.7 Å². The van der Waals surface area contributed by atoms with Crippen molar-refractivity contribution in [1.82, 2.24) is 0 Å². The summed E-state index contributed by atoms with van der Waals surface area (Å²) in [5, 5.41) is 14.9. The van der Waals surface area contributed by atoms with Crippen LogP contribution in [0.1, 0.15) is 20.8 Å². The summed E-state index contributed by atoms with van der Waals surface area (Å²) < 4.78 is 11.5. The molecule has 0 bridgehead atoms. The Morgan fingerprint density at radius 3 is 1.75 bits per heavy atom.